The molecule has 3 N–H and O–H groups in total. The first kappa shape index (κ1) is 12.0. The summed E-state index contributed by atoms with van der Waals surface area (Å²) in [5.41, 5.74) is 5.95. The van der Waals surface area contributed by atoms with Crippen LogP contribution in [-0.2, 0) is 9.59 Å². The highest BCUT2D eigenvalue weighted by Crippen LogP contribution is 2.19. The van der Waals surface area contributed by atoms with Gasteiger partial charge in [0.1, 0.15) is 17.9 Å². The number of aromatic nitrogens is 4. The normalized spacial score (nSPS) is 12.4. The Balaban J connectivity index is 2.36. The molecule has 0 saturated carbocycles. The van der Waals surface area contributed by atoms with Crippen molar-refractivity contribution >= 4 is 23.0 Å². The van der Waals surface area contributed by atoms with E-state index < -0.39 is 17.9 Å². The molecule has 8 nitrogen and oxygen atoms in total. The van der Waals surface area contributed by atoms with Crippen LogP contribution in [0.4, 0.5) is 0 Å². The van der Waals surface area contributed by atoms with Gasteiger partial charge in [-0.1, -0.05) is 0 Å². The lowest BCUT2D eigenvalue weighted by Gasteiger charge is -2.13. The van der Waals surface area contributed by atoms with Gasteiger partial charge in [-0.05, 0) is 6.42 Å². The molecule has 0 saturated heterocycles. The molecule has 2 heterocycles. The lowest BCUT2D eigenvalue weighted by Crippen LogP contribution is -2.21. The second-order valence-corrected chi connectivity index (χ2v) is 3.74. The third-order valence-electron chi connectivity index (χ3n) is 2.52. The first-order chi connectivity index (χ1) is 8.59. The van der Waals surface area contributed by atoms with E-state index in [1.165, 1.54) is 23.4 Å². The molecule has 0 fully saturated rings. The van der Waals surface area contributed by atoms with E-state index in [1.54, 1.807) is 0 Å². The maximum atomic E-state index is 11.2. The summed E-state index contributed by atoms with van der Waals surface area (Å²) in [5.74, 6) is -1.60. The fourth-order valence-corrected chi connectivity index (χ4v) is 1.67. The van der Waals surface area contributed by atoms with Crippen molar-refractivity contribution in [2.75, 3.05) is 0 Å². The molecule has 0 aromatic carbocycles. The van der Waals surface area contributed by atoms with E-state index in [2.05, 4.69) is 15.0 Å². The number of rotatable bonds is 5. The van der Waals surface area contributed by atoms with Gasteiger partial charge < -0.3 is 15.4 Å². The molecule has 8 heteroatoms. The van der Waals surface area contributed by atoms with Crippen molar-refractivity contribution in [3.05, 3.63) is 18.9 Å². The van der Waals surface area contributed by atoms with Crippen molar-refractivity contribution < 1.29 is 14.7 Å². The largest absolute Gasteiger partial charge is 0.480 e. The second kappa shape index (κ2) is 4.78. The van der Waals surface area contributed by atoms with E-state index in [0.29, 0.717) is 11.2 Å². The minimum Gasteiger partial charge on any atom is -0.480 e. The SMILES string of the molecule is NC(=O)CCC(C(=O)O)n1cnc2cncnc21. The highest BCUT2D eigenvalue weighted by atomic mass is 16.4. The van der Waals surface area contributed by atoms with Gasteiger partial charge >= 0.3 is 5.97 Å². The van der Waals surface area contributed by atoms with Crippen molar-refractivity contribution in [1.29, 1.82) is 0 Å². The number of hydrogen-bond donors (Lipinski definition) is 2. The van der Waals surface area contributed by atoms with Gasteiger partial charge in [-0.25, -0.2) is 19.7 Å². The first-order valence-electron chi connectivity index (χ1n) is 5.23. The zero-order valence-corrected chi connectivity index (χ0v) is 9.35. The van der Waals surface area contributed by atoms with Crippen molar-refractivity contribution in [3.63, 3.8) is 0 Å². The number of carbonyl (C=O) groups excluding carboxylic acids is 1. The van der Waals surface area contributed by atoms with Gasteiger partial charge in [0.2, 0.25) is 5.91 Å². The molecule has 0 radical (unpaired) electrons. The molecule has 2 aromatic rings. The summed E-state index contributed by atoms with van der Waals surface area (Å²) in [6.45, 7) is 0. The number of carbonyl (C=O) groups is 2. The Morgan fingerprint density at radius 2 is 2.22 bits per heavy atom. The number of primary amides is 1. The fraction of sp³-hybridized carbons (Fsp3) is 0.300. The van der Waals surface area contributed by atoms with E-state index in [4.69, 9.17) is 5.73 Å². The van der Waals surface area contributed by atoms with Crippen LogP contribution in [-0.4, -0.2) is 36.5 Å². The van der Waals surface area contributed by atoms with Crippen molar-refractivity contribution in [2.45, 2.75) is 18.9 Å². The third kappa shape index (κ3) is 2.26. The van der Waals surface area contributed by atoms with Gasteiger partial charge in [0, 0.05) is 6.42 Å². The molecule has 0 aliphatic heterocycles. The Labute approximate surface area is 101 Å². The zero-order valence-electron chi connectivity index (χ0n) is 9.35. The molecular weight excluding hydrogens is 238 g/mol. The van der Waals surface area contributed by atoms with E-state index in [9.17, 15) is 14.7 Å². The number of nitrogens with zero attached hydrogens (tertiary/aromatic N) is 4. The Morgan fingerprint density at radius 1 is 1.44 bits per heavy atom. The maximum absolute atomic E-state index is 11.2. The van der Waals surface area contributed by atoms with E-state index in [-0.39, 0.29) is 12.8 Å². The monoisotopic (exact) mass is 249 g/mol. The van der Waals surface area contributed by atoms with E-state index >= 15 is 0 Å². The van der Waals surface area contributed by atoms with E-state index in [0.717, 1.165) is 0 Å². The van der Waals surface area contributed by atoms with Crippen LogP contribution in [0.25, 0.3) is 11.2 Å². The topological polar surface area (TPSA) is 124 Å². The molecule has 0 aliphatic carbocycles. The molecule has 94 valence electrons. The highest BCUT2D eigenvalue weighted by molar-refractivity contribution is 5.78. The average Bonchev–Trinajstić information content (AvgIpc) is 2.73. The summed E-state index contributed by atoms with van der Waals surface area (Å²) in [6.07, 6.45) is 4.26. The summed E-state index contributed by atoms with van der Waals surface area (Å²) in [6, 6.07) is -0.919. The van der Waals surface area contributed by atoms with Gasteiger partial charge in [0.15, 0.2) is 5.65 Å². The number of hydrogen-bond acceptors (Lipinski definition) is 5. The number of carboxylic acids is 1. The van der Waals surface area contributed by atoms with Crippen LogP contribution in [0, 0.1) is 0 Å². The molecule has 2 aromatic heterocycles. The quantitative estimate of drug-likeness (QED) is 0.750. The van der Waals surface area contributed by atoms with Gasteiger partial charge in [-0.15, -0.1) is 0 Å². The Hall–Kier alpha value is -2.51. The summed E-state index contributed by atoms with van der Waals surface area (Å²) >= 11 is 0. The smallest absolute Gasteiger partial charge is 0.326 e. The molecule has 0 spiro atoms. The molecular formula is C10H11N5O3. The minimum atomic E-state index is -1.06. The molecule has 1 amide bonds. The number of aliphatic carboxylic acids is 1. The van der Waals surface area contributed by atoms with Crippen LogP contribution in [0.3, 0.4) is 0 Å². The summed E-state index contributed by atoms with van der Waals surface area (Å²) in [7, 11) is 0. The number of amides is 1. The molecule has 0 bridgehead atoms. The van der Waals surface area contributed by atoms with Crippen LogP contribution in [0.5, 0.6) is 0 Å². The number of imidazole rings is 1. The standard InChI is InChI=1S/C10H11N5O3/c11-8(16)2-1-7(10(17)18)15-5-14-6-3-12-4-13-9(6)15/h3-5,7H,1-2H2,(H2,11,16)(H,17,18). The fourth-order valence-electron chi connectivity index (χ4n) is 1.67. The number of fused-ring (bicyclic) bond motifs is 1. The van der Waals surface area contributed by atoms with Crippen LogP contribution in [0.15, 0.2) is 18.9 Å². The Bertz CT molecular complexity index is 594. The summed E-state index contributed by atoms with van der Waals surface area (Å²) in [5, 5.41) is 9.17. The van der Waals surface area contributed by atoms with Crippen molar-refractivity contribution in [1.82, 2.24) is 19.5 Å². The van der Waals surface area contributed by atoms with Crippen molar-refractivity contribution in [2.24, 2.45) is 5.73 Å². The van der Waals surface area contributed by atoms with Gasteiger partial charge in [-0.2, -0.15) is 0 Å². The number of nitrogens with two attached hydrogens (primary N) is 1. The van der Waals surface area contributed by atoms with Gasteiger partial charge in [-0.3, -0.25) is 4.79 Å². The molecule has 2 rings (SSSR count). The zero-order chi connectivity index (χ0) is 13.1. The van der Waals surface area contributed by atoms with E-state index in [1.807, 2.05) is 0 Å². The van der Waals surface area contributed by atoms with Gasteiger partial charge in [0.25, 0.3) is 0 Å². The second-order valence-electron chi connectivity index (χ2n) is 3.74. The molecule has 18 heavy (non-hydrogen) atoms. The summed E-state index contributed by atoms with van der Waals surface area (Å²) < 4.78 is 1.41. The highest BCUT2D eigenvalue weighted by Gasteiger charge is 2.22. The molecule has 0 aliphatic rings. The molecule has 1 unspecified atom stereocenters. The predicted octanol–water partition coefficient (Wildman–Crippen LogP) is -0.283. The van der Waals surface area contributed by atoms with Crippen molar-refractivity contribution in [3.8, 4) is 0 Å². The van der Waals surface area contributed by atoms with Crippen LogP contribution in [0.1, 0.15) is 18.9 Å². The molecule has 1 atom stereocenters. The summed E-state index contributed by atoms with van der Waals surface area (Å²) in [4.78, 5) is 33.7. The third-order valence-corrected chi connectivity index (χ3v) is 2.52. The van der Waals surface area contributed by atoms with Crippen LogP contribution in [0.2, 0.25) is 0 Å². The minimum absolute atomic E-state index is 0.0122. The Morgan fingerprint density at radius 3 is 2.89 bits per heavy atom. The van der Waals surface area contributed by atoms with Crippen LogP contribution < -0.4 is 5.73 Å². The number of carboxylic acid groups (broad SMARTS) is 1. The average molecular weight is 249 g/mol. The lowest BCUT2D eigenvalue weighted by atomic mass is 10.1. The lowest BCUT2D eigenvalue weighted by molar-refractivity contribution is -0.141. The van der Waals surface area contributed by atoms with Gasteiger partial charge in [0.05, 0.1) is 12.5 Å². The van der Waals surface area contributed by atoms with Crippen LogP contribution >= 0.6 is 0 Å². The Kier molecular flexibility index (Phi) is 3.18. The predicted molar refractivity (Wildman–Crippen MR) is 60.4 cm³/mol. The maximum Gasteiger partial charge on any atom is 0.326 e. The first-order valence-corrected chi connectivity index (χ1v) is 5.23.